The van der Waals surface area contributed by atoms with Crippen molar-refractivity contribution in [3.8, 4) is 0 Å². The Morgan fingerprint density at radius 2 is 1.71 bits per heavy atom. The van der Waals surface area contributed by atoms with E-state index in [1.807, 2.05) is 25.7 Å². The van der Waals surface area contributed by atoms with Gasteiger partial charge < -0.3 is 4.90 Å². The summed E-state index contributed by atoms with van der Waals surface area (Å²) in [7, 11) is 0. The number of rotatable bonds is 1. The highest BCUT2D eigenvalue weighted by Crippen LogP contribution is 2.25. The van der Waals surface area contributed by atoms with Gasteiger partial charge in [-0.1, -0.05) is 20.8 Å². The Morgan fingerprint density at radius 3 is 2.18 bits per heavy atom. The van der Waals surface area contributed by atoms with Crippen LogP contribution in [0.5, 0.6) is 0 Å². The second-order valence-corrected chi connectivity index (χ2v) is 5.62. The highest BCUT2D eigenvalue weighted by Gasteiger charge is 2.31. The maximum Gasteiger partial charge on any atom is 0.227 e. The summed E-state index contributed by atoms with van der Waals surface area (Å²) in [5.41, 5.74) is -0.281. The van der Waals surface area contributed by atoms with E-state index in [1.54, 1.807) is 17.2 Å². The first-order chi connectivity index (χ1) is 7.98. The van der Waals surface area contributed by atoms with E-state index in [-0.39, 0.29) is 11.3 Å². The summed E-state index contributed by atoms with van der Waals surface area (Å²) in [5.74, 6) is 0.240. The smallest absolute Gasteiger partial charge is 0.227 e. The molecule has 0 aromatic carbocycles. The third-order valence-electron chi connectivity index (χ3n) is 3.16. The molecular formula is C12H20N4O. The third kappa shape index (κ3) is 2.65. The first-order valence-electron chi connectivity index (χ1n) is 6.13. The number of aromatic nitrogens is 3. The molecule has 5 nitrogen and oxygen atoms in total. The molecule has 0 bridgehead atoms. The summed E-state index contributed by atoms with van der Waals surface area (Å²) in [4.78, 5) is 15.8. The molecule has 1 saturated heterocycles. The molecule has 0 atom stereocenters. The van der Waals surface area contributed by atoms with Gasteiger partial charge >= 0.3 is 0 Å². The van der Waals surface area contributed by atoms with E-state index < -0.39 is 0 Å². The van der Waals surface area contributed by atoms with Crippen LogP contribution in [0.4, 0.5) is 0 Å². The minimum absolute atomic E-state index is 0.240. The topological polar surface area (TPSA) is 51.0 Å². The van der Waals surface area contributed by atoms with Crippen molar-refractivity contribution in [3.05, 3.63) is 12.4 Å². The van der Waals surface area contributed by atoms with Crippen LogP contribution in [-0.4, -0.2) is 38.9 Å². The van der Waals surface area contributed by atoms with Crippen molar-refractivity contribution in [1.82, 2.24) is 19.9 Å². The van der Waals surface area contributed by atoms with Gasteiger partial charge in [0.25, 0.3) is 0 Å². The van der Waals surface area contributed by atoms with Gasteiger partial charge in [-0.25, -0.2) is 0 Å². The molecule has 2 heterocycles. The number of nitrogens with zero attached hydrogens (tertiary/aromatic N) is 4. The van der Waals surface area contributed by atoms with Crippen molar-refractivity contribution in [2.75, 3.05) is 13.1 Å². The molecule has 1 aromatic rings. The molecule has 1 aliphatic rings. The average Bonchev–Trinajstić information content (AvgIpc) is 2.80. The largest absolute Gasteiger partial charge is 0.342 e. The summed E-state index contributed by atoms with van der Waals surface area (Å²) in [6.07, 6.45) is 5.28. The molecule has 1 fully saturated rings. The van der Waals surface area contributed by atoms with Crippen LogP contribution in [0.3, 0.4) is 0 Å². The van der Waals surface area contributed by atoms with Gasteiger partial charge in [0.15, 0.2) is 0 Å². The van der Waals surface area contributed by atoms with Crippen LogP contribution in [-0.2, 0) is 4.79 Å². The molecule has 2 rings (SSSR count). The minimum atomic E-state index is -0.281. The van der Waals surface area contributed by atoms with E-state index in [2.05, 4.69) is 10.2 Å². The van der Waals surface area contributed by atoms with E-state index in [1.165, 1.54) is 0 Å². The number of hydrogen-bond acceptors (Lipinski definition) is 3. The number of carbonyl (C=O) groups is 1. The van der Waals surface area contributed by atoms with E-state index >= 15 is 0 Å². The second-order valence-electron chi connectivity index (χ2n) is 5.62. The standard InChI is InChI=1S/C12H20N4O/c1-12(2,3)11(17)15-8-4-10(5-9-15)16-13-6-7-14-16/h6-7,10H,4-5,8-9H2,1-3H3. The third-order valence-corrected chi connectivity index (χ3v) is 3.16. The monoisotopic (exact) mass is 236 g/mol. The van der Waals surface area contributed by atoms with Gasteiger partial charge in [-0.3, -0.25) is 4.79 Å². The molecule has 0 spiro atoms. The Balaban J connectivity index is 1.93. The molecule has 1 amide bonds. The van der Waals surface area contributed by atoms with Gasteiger partial charge in [-0.05, 0) is 12.8 Å². The first-order valence-corrected chi connectivity index (χ1v) is 6.13. The Morgan fingerprint density at radius 1 is 1.18 bits per heavy atom. The van der Waals surface area contributed by atoms with Crippen LogP contribution in [0.2, 0.25) is 0 Å². The van der Waals surface area contributed by atoms with Crippen LogP contribution < -0.4 is 0 Å². The zero-order valence-electron chi connectivity index (χ0n) is 10.8. The number of piperidine rings is 1. The lowest BCUT2D eigenvalue weighted by Crippen LogP contribution is -2.44. The van der Waals surface area contributed by atoms with Gasteiger partial charge in [-0.15, -0.1) is 0 Å². The van der Waals surface area contributed by atoms with Crippen LogP contribution in [0, 0.1) is 5.41 Å². The molecule has 1 aromatic heterocycles. The van der Waals surface area contributed by atoms with E-state index in [0.29, 0.717) is 6.04 Å². The number of hydrogen-bond donors (Lipinski definition) is 0. The van der Waals surface area contributed by atoms with Crippen LogP contribution in [0.15, 0.2) is 12.4 Å². The van der Waals surface area contributed by atoms with Gasteiger partial charge in [0.1, 0.15) is 0 Å². The van der Waals surface area contributed by atoms with Crippen LogP contribution in [0.1, 0.15) is 39.7 Å². The fraction of sp³-hybridized carbons (Fsp3) is 0.750. The number of carbonyl (C=O) groups excluding carboxylic acids is 1. The van der Waals surface area contributed by atoms with Crippen LogP contribution in [0.25, 0.3) is 0 Å². The lowest BCUT2D eigenvalue weighted by Gasteiger charge is -2.35. The fourth-order valence-corrected chi connectivity index (χ4v) is 2.19. The van der Waals surface area contributed by atoms with Gasteiger partial charge in [0.05, 0.1) is 18.4 Å². The molecule has 1 aliphatic heterocycles. The van der Waals surface area contributed by atoms with Crippen molar-refractivity contribution >= 4 is 5.91 Å². The average molecular weight is 236 g/mol. The highest BCUT2D eigenvalue weighted by molar-refractivity contribution is 5.81. The molecule has 5 heteroatoms. The summed E-state index contributed by atoms with van der Waals surface area (Å²) in [5, 5.41) is 8.32. The summed E-state index contributed by atoms with van der Waals surface area (Å²) in [6, 6.07) is 0.342. The molecule has 0 saturated carbocycles. The molecule has 0 aliphatic carbocycles. The zero-order valence-corrected chi connectivity index (χ0v) is 10.8. The van der Waals surface area contributed by atoms with Crippen molar-refractivity contribution in [1.29, 1.82) is 0 Å². The van der Waals surface area contributed by atoms with E-state index in [0.717, 1.165) is 25.9 Å². The molecule has 94 valence electrons. The van der Waals surface area contributed by atoms with Gasteiger partial charge in [0.2, 0.25) is 5.91 Å². The van der Waals surface area contributed by atoms with Crippen LogP contribution >= 0.6 is 0 Å². The van der Waals surface area contributed by atoms with Crippen molar-refractivity contribution in [2.45, 2.75) is 39.7 Å². The molecule has 0 N–H and O–H groups in total. The molecule has 17 heavy (non-hydrogen) atoms. The minimum Gasteiger partial charge on any atom is -0.342 e. The Bertz CT molecular complexity index is 372. The van der Waals surface area contributed by atoms with Crippen molar-refractivity contribution in [2.24, 2.45) is 5.41 Å². The Hall–Kier alpha value is -1.39. The summed E-state index contributed by atoms with van der Waals surface area (Å²) < 4.78 is 0. The predicted octanol–water partition coefficient (Wildman–Crippen LogP) is 1.49. The lowest BCUT2D eigenvalue weighted by molar-refractivity contribution is -0.140. The fourth-order valence-electron chi connectivity index (χ4n) is 2.19. The van der Waals surface area contributed by atoms with Gasteiger partial charge in [-0.2, -0.15) is 15.0 Å². The number of likely N-dealkylation sites (tertiary alicyclic amines) is 1. The highest BCUT2D eigenvalue weighted by atomic mass is 16.2. The van der Waals surface area contributed by atoms with Gasteiger partial charge in [0, 0.05) is 18.5 Å². The Labute approximate surface area is 102 Å². The second kappa shape index (κ2) is 4.47. The molecular weight excluding hydrogens is 216 g/mol. The lowest BCUT2D eigenvalue weighted by atomic mass is 9.93. The zero-order chi connectivity index (χ0) is 12.5. The van der Waals surface area contributed by atoms with E-state index in [4.69, 9.17) is 0 Å². The van der Waals surface area contributed by atoms with E-state index in [9.17, 15) is 4.79 Å². The maximum atomic E-state index is 12.1. The molecule has 0 radical (unpaired) electrons. The van der Waals surface area contributed by atoms with Crippen molar-refractivity contribution in [3.63, 3.8) is 0 Å². The quantitative estimate of drug-likeness (QED) is 0.742. The first kappa shape index (κ1) is 12.1. The number of amides is 1. The summed E-state index contributed by atoms with van der Waals surface area (Å²) in [6.45, 7) is 7.52. The Kier molecular flexibility index (Phi) is 3.17. The SMILES string of the molecule is CC(C)(C)C(=O)N1CCC(n2nccn2)CC1. The van der Waals surface area contributed by atoms with Crippen molar-refractivity contribution < 1.29 is 4.79 Å². The molecule has 0 unspecified atom stereocenters. The predicted molar refractivity (Wildman–Crippen MR) is 64.3 cm³/mol. The maximum absolute atomic E-state index is 12.1. The summed E-state index contributed by atoms with van der Waals surface area (Å²) >= 11 is 0. The normalized spacial score (nSPS) is 18.4.